The predicted molar refractivity (Wildman–Crippen MR) is 150 cm³/mol. The largest absolute Gasteiger partial charge is 0.479 e. The van der Waals surface area contributed by atoms with Gasteiger partial charge in [0.25, 0.3) is 0 Å². The lowest BCUT2D eigenvalue weighted by Gasteiger charge is -2.34. The molecular weight excluding hydrogens is 466 g/mol. The third-order valence-electron chi connectivity index (χ3n) is 7.33. The quantitative estimate of drug-likeness (QED) is 0.378. The molecule has 0 bridgehead atoms. The smallest absolute Gasteiger partial charge is 0.344 e. The number of nitrogens with zero attached hydrogens (tertiary/aromatic N) is 2. The Kier molecular flexibility index (Phi) is 10.4. The number of aryl methyl sites for hydroxylation is 2. The van der Waals surface area contributed by atoms with E-state index in [1.165, 1.54) is 31.9 Å². The number of carboxylic acid groups (broad SMARTS) is 1. The normalized spacial score (nSPS) is 14.9. The fourth-order valence-corrected chi connectivity index (χ4v) is 5.13. The van der Waals surface area contributed by atoms with E-state index in [0.717, 1.165) is 48.3 Å². The van der Waals surface area contributed by atoms with E-state index < -0.39 is 12.1 Å². The van der Waals surface area contributed by atoms with Crippen LogP contribution in [0.4, 0.5) is 11.4 Å². The van der Waals surface area contributed by atoms with Gasteiger partial charge in [-0.05, 0) is 88.4 Å². The van der Waals surface area contributed by atoms with Gasteiger partial charge in [-0.2, -0.15) is 0 Å². The highest BCUT2D eigenvalue weighted by atomic mass is 16.5. The lowest BCUT2D eigenvalue weighted by Crippen LogP contribution is -2.41. The molecule has 0 saturated heterocycles. The first-order chi connectivity index (χ1) is 17.7. The van der Waals surface area contributed by atoms with Crippen molar-refractivity contribution in [1.82, 2.24) is 4.90 Å². The van der Waals surface area contributed by atoms with Crippen LogP contribution >= 0.6 is 0 Å². The fraction of sp³-hybridized carbons (Fsp3) is 0.533. The van der Waals surface area contributed by atoms with Crippen molar-refractivity contribution < 1.29 is 19.4 Å². The molecule has 1 amide bonds. The Morgan fingerprint density at radius 2 is 1.73 bits per heavy atom. The van der Waals surface area contributed by atoms with Crippen LogP contribution in [0.25, 0.3) is 0 Å². The van der Waals surface area contributed by atoms with Crippen molar-refractivity contribution in [2.45, 2.75) is 85.4 Å². The molecule has 0 spiro atoms. The van der Waals surface area contributed by atoms with E-state index in [2.05, 4.69) is 41.1 Å². The first-order valence-corrected chi connectivity index (χ1v) is 13.6. The second-order valence-electron chi connectivity index (χ2n) is 10.1. The van der Waals surface area contributed by atoms with Gasteiger partial charge in [0.2, 0.25) is 5.91 Å². The standard InChI is InChI=1S/C30H43N3O4/c1-6-32(7-2)26-14-15-27(21(3)18-26)31-29(34)20-33(25-11-9-8-10-12-25)19-24-13-16-28(22(4)17-24)37-23(5)30(35)36/h13-18,23,25H,6-12,19-20H2,1-5H3,(H,31,34)(H,35,36). The van der Waals surface area contributed by atoms with E-state index in [0.29, 0.717) is 24.9 Å². The molecule has 7 nitrogen and oxygen atoms in total. The first kappa shape index (κ1) is 28.5. The van der Waals surface area contributed by atoms with Gasteiger partial charge in [0.15, 0.2) is 6.10 Å². The van der Waals surface area contributed by atoms with Crippen molar-refractivity contribution in [2.75, 3.05) is 29.9 Å². The van der Waals surface area contributed by atoms with Gasteiger partial charge < -0.3 is 20.1 Å². The average molecular weight is 510 g/mol. The van der Waals surface area contributed by atoms with E-state index in [1.807, 2.05) is 38.1 Å². The van der Waals surface area contributed by atoms with Crippen molar-refractivity contribution >= 4 is 23.3 Å². The molecule has 202 valence electrons. The Morgan fingerprint density at radius 3 is 2.32 bits per heavy atom. The molecule has 0 aromatic heterocycles. The average Bonchev–Trinajstić information content (AvgIpc) is 2.88. The van der Waals surface area contributed by atoms with Crippen LogP contribution in [0.5, 0.6) is 5.75 Å². The minimum atomic E-state index is -0.990. The summed E-state index contributed by atoms with van der Waals surface area (Å²) in [6.07, 6.45) is 4.92. The predicted octanol–water partition coefficient (Wildman–Crippen LogP) is 5.77. The molecule has 1 aliphatic carbocycles. The van der Waals surface area contributed by atoms with Gasteiger partial charge in [-0.1, -0.05) is 31.4 Å². The van der Waals surface area contributed by atoms with Crippen LogP contribution in [-0.2, 0) is 16.1 Å². The molecule has 2 N–H and O–H groups in total. The summed E-state index contributed by atoms with van der Waals surface area (Å²) in [5, 5.41) is 12.3. The van der Waals surface area contributed by atoms with Crippen LogP contribution in [0.3, 0.4) is 0 Å². The second kappa shape index (κ2) is 13.5. The van der Waals surface area contributed by atoms with Gasteiger partial charge >= 0.3 is 5.97 Å². The number of rotatable bonds is 12. The van der Waals surface area contributed by atoms with Gasteiger partial charge in [-0.15, -0.1) is 0 Å². The van der Waals surface area contributed by atoms with Crippen molar-refractivity contribution in [1.29, 1.82) is 0 Å². The number of aliphatic carboxylic acids is 1. The van der Waals surface area contributed by atoms with Crippen LogP contribution in [0, 0.1) is 13.8 Å². The molecular formula is C30H43N3O4. The number of ether oxygens (including phenoxy) is 1. The highest BCUT2D eigenvalue weighted by Crippen LogP contribution is 2.27. The number of nitrogens with one attached hydrogen (secondary N) is 1. The third-order valence-corrected chi connectivity index (χ3v) is 7.33. The van der Waals surface area contributed by atoms with Crippen LogP contribution < -0.4 is 15.0 Å². The summed E-state index contributed by atoms with van der Waals surface area (Å²) in [6.45, 7) is 12.7. The lowest BCUT2D eigenvalue weighted by molar-refractivity contribution is -0.144. The van der Waals surface area contributed by atoms with Crippen LogP contribution in [0.2, 0.25) is 0 Å². The zero-order chi connectivity index (χ0) is 26.9. The van der Waals surface area contributed by atoms with Crippen LogP contribution in [0.1, 0.15) is 69.6 Å². The van der Waals surface area contributed by atoms with Crippen LogP contribution in [-0.4, -0.2) is 53.7 Å². The molecule has 1 atom stereocenters. The highest BCUT2D eigenvalue weighted by molar-refractivity contribution is 5.93. The molecule has 7 heteroatoms. The van der Waals surface area contributed by atoms with E-state index in [9.17, 15) is 9.59 Å². The molecule has 1 unspecified atom stereocenters. The van der Waals surface area contributed by atoms with E-state index >= 15 is 0 Å². The van der Waals surface area contributed by atoms with E-state index in [-0.39, 0.29) is 5.91 Å². The van der Waals surface area contributed by atoms with Crippen molar-refractivity contribution in [2.24, 2.45) is 0 Å². The summed E-state index contributed by atoms with van der Waals surface area (Å²) >= 11 is 0. The molecule has 0 aliphatic heterocycles. The summed E-state index contributed by atoms with van der Waals surface area (Å²) in [5.41, 5.74) is 5.07. The number of carboxylic acids is 1. The number of carbonyl (C=O) groups is 2. The maximum atomic E-state index is 13.2. The molecule has 2 aromatic carbocycles. The highest BCUT2D eigenvalue weighted by Gasteiger charge is 2.24. The third kappa shape index (κ3) is 7.96. The second-order valence-corrected chi connectivity index (χ2v) is 10.1. The molecule has 3 rings (SSSR count). The SMILES string of the molecule is CCN(CC)c1ccc(NC(=O)CN(Cc2ccc(OC(C)C(=O)O)c(C)c2)C2CCCCC2)c(C)c1. The van der Waals surface area contributed by atoms with Crippen LogP contribution in [0.15, 0.2) is 36.4 Å². The number of hydrogen-bond acceptors (Lipinski definition) is 5. The first-order valence-electron chi connectivity index (χ1n) is 13.6. The van der Waals surface area contributed by atoms with Crippen molar-refractivity contribution in [3.63, 3.8) is 0 Å². The fourth-order valence-electron chi connectivity index (χ4n) is 5.13. The van der Waals surface area contributed by atoms with Crippen molar-refractivity contribution in [3.8, 4) is 5.75 Å². The molecule has 0 radical (unpaired) electrons. The summed E-state index contributed by atoms with van der Waals surface area (Å²) in [7, 11) is 0. The Bertz CT molecular complexity index is 1060. The Labute approximate surface area is 221 Å². The number of benzene rings is 2. The summed E-state index contributed by atoms with van der Waals surface area (Å²) in [6, 6.07) is 12.4. The summed E-state index contributed by atoms with van der Waals surface area (Å²) in [5.74, 6) is -0.420. The van der Waals surface area contributed by atoms with Crippen molar-refractivity contribution in [3.05, 3.63) is 53.1 Å². The molecule has 0 heterocycles. The number of amides is 1. The minimum Gasteiger partial charge on any atom is -0.479 e. The van der Waals surface area contributed by atoms with E-state index in [1.54, 1.807) is 0 Å². The number of hydrogen-bond donors (Lipinski definition) is 2. The maximum Gasteiger partial charge on any atom is 0.344 e. The van der Waals surface area contributed by atoms with E-state index in [4.69, 9.17) is 9.84 Å². The number of carbonyl (C=O) groups excluding carboxylic acids is 1. The summed E-state index contributed by atoms with van der Waals surface area (Å²) < 4.78 is 5.58. The molecule has 1 fully saturated rings. The Hall–Kier alpha value is -3.06. The molecule has 37 heavy (non-hydrogen) atoms. The monoisotopic (exact) mass is 509 g/mol. The Balaban J connectivity index is 1.71. The van der Waals surface area contributed by atoms with Gasteiger partial charge in [0, 0.05) is 37.1 Å². The van der Waals surface area contributed by atoms with Gasteiger partial charge in [0.05, 0.1) is 6.54 Å². The Morgan fingerprint density at radius 1 is 1.03 bits per heavy atom. The topological polar surface area (TPSA) is 82.1 Å². The van der Waals surface area contributed by atoms with Gasteiger partial charge in [0.1, 0.15) is 5.75 Å². The van der Waals surface area contributed by atoms with Gasteiger partial charge in [-0.3, -0.25) is 9.69 Å². The zero-order valence-corrected chi connectivity index (χ0v) is 23.0. The summed E-state index contributed by atoms with van der Waals surface area (Å²) in [4.78, 5) is 29.0. The minimum absolute atomic E-state index is 0.00350. The molecule has 1 aliphatic rings. The van der Waals surface area contributed by atoms with Gasteiger partial charge in [-0.25, -0.2) is 4.79 Å². The molecule has 2 aromatic rings. The molecule has 1 saturated carbocycles. The maximum absolute atomic E-state index is 13.2. The lowest BCUT2D eigenvalue weighted by atomic mass is 9.93. The zero-order valence-electron chi connectivity index (χ0n) is 23.0. The number of anilines is 2.